The van der Waals surface area contributed by atoms with Crippen LogP contribution >= 0.6 is 0 Å². The summed E-state index contributed by atoms with van der Waals surface area (Å²) in [5.41, 5.74) is 4.09. The Labute approximate surface area is 169 Å². The zero-order chi connectivity index (χ0) is 20.1. The minimum Gasteiger partial charge on any atom is -0.487 e. The average molecular weight is 394 g/mol. The van der Waals surface area contributed by atoms with Gasteiger partial charge in [-0.05, 0) is 38.0 Å². The van der Waals surface area contributed by atoms with Crippen LogP contribution in [0.4, 0.5) is 0 Å². The molecule has 0 amide bonds. The highest BCUT2D eigenvalue weighted by Crippen LogP contribution is 2.37. The third-order valence-corrected chi connectivity index (χ3v) is 6.33. The summed E-state index contributed by atoms with van der Waals surface area (Å²) in [5, 5.41) is 25.9. The number of aliphatic hydroxyl groups is 2. The van der Waals surface area contributed by atoms with Crippen molar-refractivity contribution in [3.63, 3.8) is 0 Å². The highest BCUT2D eigenvalue weighted by molar-refractivity contribution is 5.78. The quantitative estimate of drug-likeness (QED) is 0.628. The van der Waals surface area contributed by atoms with Gasteiger partial charge in [0.15, 0.2) is 0 Å². The number of aliphatic hydroxyl groups excluding tert-OH is 2. The predicted molar refractivity (Wildman–Crippen MR) is 109 cm³/mol. The van der Waals surface area contributed by atoms with E-state index in [1.165, 1.54) is 11.9 Å². The molecule has 152 valence electrons. The maximum absolute atomic E-state index is 10.8. The van der Waals surface area contributed by atoms with Gasteiger partial charge < -0.3 is 24.8 Å². The fraction of sp³-hybridized carbons (Fsp3) is 0.455. The summed E-state index contributed by atoms with van der Waals surface area (Å²) < 4.78 is 8.20. The van der Waals surface area contributed by atoms with E-state index in [0.717, 1.165) is 41.0 Å². The van der Waals surface area contributed by atoms with E-state index in [0.29, 0.717) is 12.5 Å². The second-order valence-electron chi connectivity index (χ2n) is 8.24. The third-order valence-electron chi connectivity index (χ3n) is 6.33. The lowest BCUT2D eigenvalue weighted by Crippen LogP contribution is -2.36. The van der Waals surface area contributed by atoms with Gasteiger partial charge in [0.2, 0.25) is 0 Å². The van der Waals surface area contributed by atoms with Gasteiger partial charge in [-0.25, -0.2) is 9.97 Å². The van der Waals surface area contributed by atoms with E-state index in [1.807, 2.05) is 35.9 Å². The maximum atomic E-state index is 10.8. The Morgan fingerprint density at radius 2 is 2.03 bits per heavy atom. The lowest BCUT2D eigenvalue weighted by Gasteiger charge is -2.27. The van der Waals surface area contributed by atoms with E-state index >= 15 is 0 Å². The maximum Gasteiger partial charge on any atom is 0.143 e. The molecule has 7 nitrogen and oxygen atoms in total. The van der Waals surface area contributed by atoms with Crippen molar-refractivity contribution in [1.82, 2.24) is 19.9 Å². The standard InChI is InChI=1S/C22H26N4O3/c1-12-8-14-4-3-5-18(16(14)10-23-12)29-19-9-17(20(27)21(19)28)26-7-6-15-13(2)24-11-25-22(15)26/h3-7,11-12,17,19-21,23,27-28H,8-10H2,1-2H3. The molecule has 0 spiro atoms. The fourth-order valence-corrected chi connectivity index (χ4v) is 4.68. The summed E-state index contributed by atoms with van der Waals surface area (Å²) >= 11 is 0. The van der Waals surface area contributed by atoms with E-state index in [1.54, 1.807) is 0 Å². The normalized spacial score (nSPS) is 29.2. The minimum atomic E-state index is -0.966. The van der Waals surface area contributed by atoms with Crippen molar-refractivity contribution in [2.45, 2.75) is 63.6 Å². The summed E-state index contributed by atoms with van der Waals surface area (Å²) in [4.78, 5) is 8.62. The number of rotatable bonds is 3. The Morgan fingerprint density at radius 3 is 2.90 bits per heavy atom. The smallest absolute Gasteiger partial charge is 0.143 e. The van der Waals surface area contributed by atoms with Crippen molar-refractivity contribution >= 4 is 11.0 Å². The fourth-order valence-electron chi connectivity index (χ4n) is 4.68. The molecule has 2 aliphatic rings. The summed E-state index contributed by atoms with van der Waals surface area (Å²) in [6.07, 6.45) is 2.52. The zero-order valence-corrected chi connectivity index (χ0v) is 16.6. The molecule has 3 N–H and O–H groups in total. The first-order valence-corrected chi connectivity index (χ1v) is 10.2. The minimum absolute atomic E-state index is 0.306. The van der Waals surface area contributed by atoms with Gasteiger partial charge >= 0.3 is 0 Å². The predicted octanol–water partition coefficient (Wildman–Crippen LogP) is 1.89. The van der Waals surface area contributed by atoms with Crippen molar-refractivity contribution in [2.24, 2.45) is 0 Å². The molecular weight excluding hydrogens is 368 g/mol. The van der Waals surface area contributed by atoms with Gasteiger partial charge in [0.05, 0.1) is 11.7 Å². The van der Waals surface area contributed by atoms with E-state index in [-0.39, 0.29) is 6.04 Å². The van der Waals surface area contributed by atoms with Crippen LogP contribution in [0.25, 0.3) is 11.0 Å². The molecule has 0 saturated heterocycles. The molecule has 1 fully saturated rings. The van der Waals surface area contributed by atoms with Gasteiger partial charge in [-0.15, -0.1) is 0 Å². The Bertz CT molecular complexity index is 1050. The van der Waals surface area contributed by atoms with Gasteiger partial charge in [0.25, 0.3) is 0 Å². The van der Waals surface area contributed by atoms with E-state index < -0.39 is 18.3 Å². The number of nitrogens with one attached hydrogen (secondary N) is 1. The third kappa shape index (κ3) is 3.10. The van der Waals surface area contributed by atoms with Crippen LogP contribution in [0, 0.1) is 6.92 Å². The Kier molecular flexibility index (Phi) is 4.53. The van der Waals surface area contributed by atoms with Crippen LogP contribution in [0.1, 0.15) is 36.2 Å². The number of aromatic nitrogens is 3. The van der Waals surface area contributed by atoms with Crippen molar-refractivity contribution in [3.05, 3.63) is 53.6 Å². The van der Waals surface area contributed by atoms with Gasteiger partial charge in [-0.3, -0.25) is 0 Å². The second kappa shape index (κ2) is 7.09. The molecule has 5 atom stereocenters. The van der Waals surface area contributed by atoms with Crippen molar-refractivity contribution in [2.75, 3.05) is 0 Å². The van der Waals surface area contributed by atoms with Crippen LogP contribution in [0.3, 0.4) is 0 Å². The van der Waals surface area contributed by atoms with Crippen molar-refractivity contribution in [3.8, 4) is 5.75 Å². The summed E-state index contributed by atoms with van der Waals surface area (Å²) in [6, 6.07) is 8.17. The number of hydrogen-bond acceptors (Lipinski definition) is 6. The van der Waals surface area contributed by atoms with E-state index in [4.69, 9.17) is 4.74 Å². The molecule has 2 aromatic heterocycles. The van der Waals surface area contributed by atoms with Crippen LogP contribution < -0.4 is 10.1 Å². The molecule has 1 aromatic carbocycles. The van der Waals surface area contributed by atoms with E-state index in [9.17, 15) is 10.2 Å². The SMILES string of the molecule is Cc1ncnc2c1ccn2C1CC(Oc2cccc3c2CNC(C)C3)C(O)C1O. The second-order valence-corrected chi connectivity index (χ2v) is 8.24. The lowest BCUT2D eigenvalue weighted by molar-refractivity contribution is -0.0166. The van der Waals surface area contributed by atoms with Crippen LogP contribution in [-0.2, 0) is 13.0 Å². The number of nitrogens with zero attached hydrogens (tertiary/aromatic N) is 3. The Morgan fingerprint density at radius 1 is 1.17 bits per heavy atom. The number of hydrogen-bond donors (Lipinski definition) is 3. The molecule has 3 heterocycles. The average Bonchev–Trinajstić information content (AvgIpc) is 3.25. The van der Waals surface area contributed by atoms with Crippen LogP contribution in [0.5, 0.6) is 5.75 Å². The molecule has 29 heavy (non-hydrogen) atoms. The first-order valence-electron chi connectivity index (χ1n) is 10.2. The summed E-state index contributed by atoms with van der Waals surface area (Å²) in [7, 11) is 0. The first-order chi connectivity index (χ1) is 14.0. The number of aryl methyl sites for hydroxylation is 1. The van der Waals surface area contributed by atoms with Crippen LogP contribution in [0.15, 0.2) is 36.8 Å². The van der Waals surface area contributed by atoms with E-state index in [2.05, 4.69) is 28.3 Å². The lowest BCUT2D eigenvalue weighted by atomic mass is 9.96. The first kappa shape index (κ1) is 18.5. The van der Waals surface area contributed by atoms with Crippen molar-refractivity contribution < 1.29 is 14.9 Å². The molecular formula is C22H26N4O3. The molecule has 1 aliphatic carbocycles. The largest absolute Gasteiger partial charge is 0.487 e. The van der Waals surface area contributed by atoms with Crippen LogP contribution in [-0.4, -0.2) is 49.1 Å². The molecule has 1 aliphatic heterocycles. The molecule has 0 radical (unpaired) electrons. The van der Waals surface area contributed by atoms with Crippen LogP contribution in [0.2, 0.25) is 0 Å². The number of fused-ring (bicyclic) bond motifs is 2. The summed E-state index contributed by atoms with van der Waals surface area (Å²) in [5.74, 6) is 0.786. The molecule has 1 saturated carbocycles. The number of ether oxygens (including phenoxy) is 1. The zero-order valence-electron chi connectivity index (χ0n) is 16.6. The summed E-state index contributed by atoms with van der Waals surface area (Å²) in [6.45, 7) is 4.86. The highest BCUT2D eigenvalue weighted by Gasteiger charge is 2.44. The van der Waals surface area contributed by atoms with Gasteiger partial charge in [-0.2, -0.15) is 0 Å². The molecule has 7 heteroatoms. The topological polar surface area (TPSA) is 92.4 Å². The Hall–Kier alpha value is -2.48. The number of benzene rings is 1. The molecule has 5 unspecified atom stereocenters. The van der Waals surface area contributed by atoms with Gasteiger partial charge in [-0.1, -0.05) is 12.1 Å². The Balaban J connectivity index is 1.42. The molecule has 3 aromatic rings. The molecule has 5 rings (SSSR count). The molecule has 0 bridgehead atoms. The van der Waals surface area contributed by atoms with Crippen molar-refractivity contribution in [1.29, 1.82) is 0 Å². The monoisotopic (exact) mass is 394 g/mol. The highest BCUT2D eigenvalue weighted by atomic mass is 16.5. The van der Waals surface area contributed by atoms with Gasteiger partial charge in [0.1, 0.15) is 36.0 Å². The van der Waals surface area contributed by atoms with Gasteiger partial charge in [0, 0.05) is 36.2 Å².